The summed E-state index contributed by atoms with van der Waals surface area (Å²) in [5.74, 6) is -0.166. The SMILES string of the molecule is CCCCCCCC/C=C/CC/C=C/C(O)C(COC1OC(CO)C(O)C(O)C1O)NC(=O)CCCCCCCCCCCCCCCCCCC/C=C\CCCCCCCCCCCCCCCCCCCCOC(=O)CCCCCCCCCCCCCCCCC. The van der Waals surface area contributed by atoms with E-state index in [2.05, 4.69) is 43.5 Å². The minimum absolute atomic E-state index is 0.0203. The third-order valence-corrected chi connectivity index (χ3v) is 19.7. The highest BCUT2D eigenvalue weighted by molar-refractivity contribution is 5.76. The Kier molecular flexibility index (Phi) is 69.0. The molecule has 0 aromatic heterocycles. The molecule has 11 nitrogen and oxygen atoms in total. The predicted molar refractivity (Wildman–Crippen MR) is 398 cm³/mol. The summed E-state index contributed by atoms with van der Waals surface area (Å²) in [5.41, 5.74) is 0. The Labute approximate surface area is 581 Å². The molecule has 1 aliphatic rings. The van der Waals surface area contributed by atoms with Gasteiger partial charge < -0.3 is 45.1 Å². The Hall–Kier alpha value is -2.12. The molecular weight excluding hydrogens is 1170 g/mol. The molecule has 94 heavy (non-hydrogen) atoms. The number of rotatable bonds is 74. The van der Waals surface area contributed by atoms with E-state index in [4.69, 9.17) is 14.2 Å². The highest BCUT2D eigenvalue weighted by Gasteiger charge is 2.44. The van der Waals surface area contributed by atoms with E-state index in [9.17, 15) is 35.1 Å². The van der Waals surface area contributed by atoms with Gasteiger partial charge in [-0.15, -0.1) is 0 Å². The van der Waals surface area contributed by atoms with Gasteiger partial charge >= 0.3 is 5.97 Å². The summed E-state index contributed by atoms with van der Waals surface area (Å²) in [4.78, 5) is 25.2. The van der Waals surface area contributed by atoms with E-state index in [-0.39, 0.29) is 18.5 Å². The maximum Gasteiger partial charge on any atom is 0.305 e. The van der Waals surface area contributed by atoms with Gasteiger partial charge in [-0.1, -0.05) is 371 Å². The first-order chi connectivity index (χ1) is 46.2. The zero-order valence-corrected chi connectivity index (χ0v) is 62.0. The molecule has 0 aromatic carbocycles. The highest BCUT2D eigenvalue weighted by Crippen LogP contribution is 2.24. The van der Waals surface area contributed by atoms with Crippen molar-refractivity contribution in [3.05, 3.63) is 36.5 Å². The van der Waals surface area contributed by atoms with Crippen molar-refractivity contribution in [2.75, 3.05) is 19.8 Å². The van der Waals surface area contributed by atoms with Gasteiger partial charge in [0.05, 0.1) is 32.0 Å². The summed E-state index contributed by atoms with van der Waals surface area (Å²) in [6.45, 7) is 4.37. The van der Waals surface area contributed by atoms with Crippen LogP contribution < -0.4 is 5.32 Å². The number of hydrogen-bond acceptors (Lipinski definition) is 10. The number of hydrogen-bond donors (Lipinski definition) is 6. The maximum absolute atomic E-state index is 13.1. The molecule has 1 fully saturated rings. The molecule has 554 valence electrons. The molecule has 0 aliphatic carbocycles. The van der Waals surface area contributed by atoms with Crippen LogP contribution in [-0.4, -0.2) is 100 Å². The molecule has 0 saturated carbocycles. The number of aliphatic hydroxyl groups excluding tert-OH is 5. The summed E-state index contributed by atoms with van der Waals surface area (Å²) in [6, 6.07) is -0.824. The van der Waals surface area contributed by atoms with Crippen LogP contribution >= 0.6 is 0 Å². The highest BCUT2D eigenvalue weighted by atomic mass is 16.7. The number of amides is 1. The third kappa shape index (κ3) is 59.9. The van der Waals surface area contributed by atoms with E-state index >= 15 is 0 Å². The Morgan fingerprint density at radius 3 is 1.05 bits per heavy atom. The fourth-order valence-corrected chi connectivity index (χ4v) is 13.3. The number of nitrogens with one attached hydrogen (secondary N) is 1. The molecule has 0 bridgehead atoms. The van der Waals surface area contributed by atoms with Gasteiger partial charge in [0.15, 0.2) is 6.29 Å². The lowest BCUT2D eigenvalue weighted by molar-refractivity contribution is -0.302. The van der Waals surface area contributed by atoms with E-state index in [0.717, 1.165) is 51.4 Å². The van der Waals surface area contributed by atoms with Gasteiger partial charge in [-0.2, -0.15) is 0 Å². The van der Waals surface area contributed by atoms with E-state index < -0.39 is 49.5 Å². The Morgan fingerprint density at radius 1 is 0.383 bits per heavy atom. The zero-order chi connectivity index (χ0) is 67.9. The van der Waals surface area contributed by atoms with Crippen molar-refractivity contribution in [1.29, 1.82) is 0 Å². The second-order valence-corrected chi connectivity index (χ2v) is 28.8. The summed E-state index contributed by atoms with van der Waals surface area (Å²) in [6.07, 6.45) is 84.9. The average molecular weight is 1330 g/mol. The second-order valence-electron chi connectivity index (χ2n) is 28.8. The van der Waals surface area contributed by atoms with E-state index in [1.165, 1.54) is 340 Å². The van der Waals surface area contributed by atoms with Crippen LogP contribution in [0.5, 0.6) is 0 Å². The van der Waals surface area contributed by atoms with Gasteiger partial charge in [-0.3, -0.25) is 9.59 Å². The van der Waals surface area contributed by atoms with Gasteiger partial charge in [0.25, 0.3) is 0 Å². The first-order valence-electron chi connectivity index (χ1n) is 41.3. The zero-order valence-electron chi connectivity index (χ0n) is 62.0. The van der Waals surface area contributed by atoms with E-state index in [1.807, 2.05) is 6.08 Å². The van der Waals surface area contributed by atoms with Crippen LogP contribution in [0.25, 0.3) is 0 Å². The van der Waals surface area contributed by atoms with Crippen LogP contribution in [-0.2, 0) is 23.8 Å². The smallest absolute Gasteiger partial charge is 0.305 e. The molecule has 1 rings (SSSR count). The molecule has 1 aliphatic heterocycles. The summed E-state index contributed by atoms with van der Waals surface area (Å²) in [7, 11) is 0. The van der Waals surface area contributed by atoms with Gasteiger partial charge in [-0.05, 0) is 70.6 Å². The number of carbonyl (C=O) groups excluding carboxylic acids is 2. The quantitative estimate of drug-likeness (QED) is 0.0195. The monoisotopic (exact) mass is 1330 g/mol. The molecule has 1 amide bonds. The largest absolute Gasteiger partial charge is 0.466 e. The molecule has 7 unspecified atom stereocenters. The molecule has 0 aromatic rings. The molecule has 0 spiro atoms. The van der Waals surface area contributed by atoms with Crippen LogP contribution in [0.15, 0.2) is 36.5 Å². The number of esters is 1. The van der Waals surface area contributed by atoms with Gasteiger partial charge in [0, 0.05) is 12.8 Å². The lowest BCUT2D eigenvalue weighted by atomic mass is 9.99. The normalized spacial score (nSPS) is 17.5. The Balaban J connectivity index is 1.87. The van der Waals surface area contributed by atoms with Crippen molar-refractivity contribution in [3.8, 4) is 0 Å². The second kappa shape index (κ2) is 72.1. The van der Waals surface area contributed by atoms with Crippen molar-refractivity contribution in [3.63, 3.8) is 0 Å². The standard InChI is InChI=1S/C83H157NO10/c1-3-5-7-9-11-13-15-17-43-47-51-55-59-63-67-71-79(88)92-72-68-64-60-56-52-48-45-42-40-38-36-34-32-30-28-26-24-22-20-18-19-21-23-25-27-29-31-33-35-37-39-41-44-46-50-54-58-62-66-70-78(87)84-75(74-93-83-82(91)81(90)80(89)77(73-85)94-83)76(86)69-65-61-57-53-49-16-14-12-10-8-6-4-2/h18-19,49,53,65,69,75-77,80-83,85-86,89-91H,3-17,20-48,50-52,54-64,66-68,70-74H2,1-2H3,(H,84,87)/b19-18-,53-49+,69-65+. The van der Waals surface area contributed by atoms with E-state index in [1.54, 1.807) is 6.08 Å². The first-order valence-corrected chi connectivity index (χ1v) is 41.3. The van der Waals surface area contributed by atoms with Gasteiger partial charge in [0.1, 0.15) is 24.4 Å². The van der Waals surface area contributed by atoms with Crippen LogP contribution in [0.4, 0.5) is 0 Å². The van der Waals surface area contributed by atoms with Crippen LogP contribution in [0.2, 0.25) is 0 Å². The summed E-state index contributed by atoms with van der Waals surface area (Å²) < 4.78 is 16.8. The van der Waals surface area contributed by atoms with Crippen LogP contribution in [0, 0.1) is 0 Å². The third-order valence-electron chi connectivity index (χ3n) is 19.7. The number of ether oxygens (including phenoxy) is 3. The minimum atomic E-state index is -1.57. The van der Waals surface area contributed by atoms with Crippen LogP contribution in [0.3, 0.4) is 0 Å². The van der Waals surface area contributed by atoms with Crippen molar-refractivity contribution in [1.82, 2.24) is 5.32 Å². The molecule has 1 saturated heterocycles. The van der Waals surface area contributed by atoms with Crippen molar-refractivity contribution in [2.24, 2.45) is 0 Å². The fraction of sp³-hybridized carbons (Fsp3) is 0.904. The molecule has 7 atom stereocenters. The molecule has 0 radical (unpaired) electrons. The maximum atomic E-state index is 13.1. The minimum Gasteiger partial charge on any atom is -0.466 e. The van der Waals surface area contributed by atoms with Gasteiger partial charge in [0.2, 0.25) is 5.91 Å². The first kappa shape index (κ1) is 89.9. The molecule has 1 heterocycles. The number of carbonyl (C=O) groups is 2. The van der Waals surface area contributed by atoms with Crippen molar-refractivity contribution < 1.29 is 49.3 Å². The van der Waals surface area contributed by atoms with Crippen molar-refractivity contribution in [2.45, 2.75) is 461 Å². The summed E-state index contributed by atoms with van der Waals surface area (Å²) >= 11 is 0. The average Bonchev–Trinajstić information content (AvgIpc) is 0.832. The Morgan fingerprint density at radius 2 is 0.691 bits per heavy atom. The lowest BCUT2D eigenvalue weighted by Crippen LogP contribution is -2.60. The lowest BCUT2D eigenvalue weighted by Gasteiger charge is -2.40. The topological polar surface area (TPSA) is 175 Å². The Bertz CT molecular complexity index is 1660. The predicted octanol–water partition coefficient (Wildman–Crippen LogP) is 22.5. The van der Waals surface area contributed by atoms with E-state index in [0.29, 0.717) is 19.4 Å². The molecular formula is C83H157NO10. The number of allylic oxidation sites excluding steroid dienone is 5. The molecule has 6 N–H and O–H groups in total. The number of aliphatic hydroxyl groups is 5. The summed E-state index contributed by atoms with van der Waals surface area (Å²) in [5, 5.41) is 54.5. The van der Waals surface area contributed by atoms with Crippen molar-refractivity contribution >= 4 is 11.9 Å². The van der Waals surface area contributed by atoms with Crippen LogP contribution in [0.1, 0.15) is 418 Å². The molecule has 11 heteroatoms. The fourth-order valence-electron chi connectivity index (χ4n) is 13.3. The van der Waals surface area contributed by atoms with Gasteiger partial charge in [-0.25, -0.2) is 0 Å². The number of unbranched alkanes of at least 4 members (excludes halogenated alkanes) is 56.